The minimum Gasteiger partial charge on any atom is -0.465 e. The van der Waals surface area contributed by atoms with Gasteiger partial charge >= 0.3 is 18.1 Å². The SMILES string of the molecule is CCOC(=O)CSC(C)(CC(=O)OCc1ccccc1)C(F)(F)F. The molecule has 0 fully saturated rings. The van der Waals surface area contributed by atoms with Crippen LogP contribution in [0.25, 0.3) is 0 Å². The van der Waals surface area contributed by atoms with Gasteiger partial charge in [-0.2, -0.15) is 13.2 Å². The molecule has 0 heterocycles. The molecule has 134 valence electrons. The topological polar surface area (TPSA) is 52.6 Å². The van der Waals surface area contributed by atoms with Gasteiger partial charge in [-0.1, -0.05) is 30.3 Å². The van der Waals surface area contributed by atoms with Crippen LogP contribution in [0.5, 0.6) is 0 Å². The van der Waals surface area contributed by atoms with E-state index >= 15 is 0 Å². The molecule has 1 rings (SSSR count). The molecule has 1 aromatic rings. The standard InChI is InChI=1S/C16H19F3O4S/c1-3-22-14(21)11-24-15(2,16(17,18)19)9-13(20)23-10-12-7-5-4-6-8-12/h4-8H,3,9-11H2,1-2H3. The molecule has 8 heteroatoms. The maximum absolute atomic E-state index is 13.3. The number of ether oxygens (including phenoxy) is 2. The molecular formula is C16H19F3O4S. The summed E-state index contributed by atoms with van der Waals surface area (Å²) in [6.45, 7) is 2.42. The third-order valence-corrected chi connectivity index (χ3v) is 4.53. The van der Waals surface area contributed by atoms with Crippen LogP contribution in [0.15, 0.2) is 30.3 Å². The van der Waals surface area contributed by atoms with Gasteiger partial charge in [0.25, 0.3) is 0 Å². The van der Waals surface area contributed by atoms with Crippen LogP contribution in [0.1, 0.15) is 25.8 Å². The van der Waals surface area contributed by atoms with Crippen molar-refractivity contribution >= 4 is 23.7 Å². The summed E-state index contributed by atoms with van der Waals surface area (Å²) in [6, 6.07) is 8.64. The van der Waals surface area contributed by atoms with Crippen molar-refractivity contribution in [3.05, 3.63) is 35.9 Å². The molecule has 0 aromatic heterocycles. The molecule has 1 atom stereocenters. The lowest BCUT2D eigenvalue weighted by Crippen LogP contribution is -2.42. The predicted molar refractivity (Wildman–Crippen MR) is 84.4 cm³/mol. The molecule has 0 saturated carbocycles. The third kappa shape index (κ3) is 6.43. The minimum atomic E-state index is -4.67. The first kappa shape index (κ1) is 20.3. The molecule has 0 N–H and O–H groups in total. The van der Waals surface area contributed by atoms with Crippen molar-refractivity contribution in [2.45, 2.75) is 37.8 Å². The highest BCUT2D eigenvalue weighted by molar-refractivity contribution is 8.01. The molecule has 4 nitrogen and oxygen atoms in total. The monoisotopic (exact) mass is 364 g/mol. The van der Waals surface area contributed by atoms with Gasteiger partial charge < -0.3 is 9.47 Å². The number of benzene rings is 1. The molecule has 1 unspecified atom stereocenters. The number of carbonyl (C=O) groups excluding carboxylic acids is 2. The average molecular weight is 364 g/mol. The molecule has 0 saturated heterocycles. The Morgan fingerprint density at radius 1 is 1.08 bits per heavy atom. The number of hydrogen-bond acceptors (Lipinski definition) is 5. The van der Waals surface area contributed by atoms with E-state index in [1.807, 2.05) is 0 Å². The van der Waals surface area contributed by atoms with Crippen LogP contribution in [0.3, 0.4) is 0 Å². The van der Waals surface area contributed by atoms with Gasteiger partial charge in [-0.25, -0.2) is 0 Å². The predicted octanol–water partition coefficient (Wildman–Crippen LogP) is 3.74. The number of rotatable bonds is 8. The first-order valence-corrected chi connectivity index (χ1v) is 8.22. The number of thioether (sulfide) groups is 1. The Labute approximate surface area is 142 Å². The lowest BCUT2D eigenvalue weighted by Gasteiger charge is -2.30. The first-order chi connectivity index (χ1) is 11.2. The molecule has 0 bridgehead atoms. The van der Waals surface area contributed by atoms with Gasteiger partial charge in [0, 0.05) is 0 Å². The van der Waals surface area contributed by atoms with E-state index in [-0.39, 0.29) is 13.2 Å². The molecule has 0 amide bonds. The van der Waals surface area contributed by atoms with E-state index in [1.54, 1.807) is 37.3 Å². The summed E-state index contributed by atoms with van der Waals surface area (Å²) in [6.07, 6.45) is -5.55. The zero-order valence-electron chi connectivity index (χ0n) is 13.4. The van der Waals surface area contributed by atoms with Crippen molar-refractivity contribution in [3.63, 3.8) is 0 Å². The van der Waals surface area contributed by atoms with Gasteiger partial charge in [0.1, 0.15) is 11.4 Å². The van der Waals surface area contributed by atoms with Crippen LogP contribution >= 0.6 is 11.8 Å². The summed E-state index contributed by atoms with van der Waals surface area (Å²) >= 11 is 0.328. The fourth-order valence-electron chi connectivity index (χ4n) is 1.72. The Morgan fingerprint density at radius 2 is 1.71 bits per heavy atom. The third-order valence-electron chi connectivity index (χ3n) is 3.14. The van der Waals surface area contributed by atoms with Crippen LogP contribution in [-0.2, 0) is 25.7 Å². The molecule has 24 heavy (non-hydrogen) atoms. The van der Waals surface area contributed by atoms with Crippen molar-refractivity contribution in [2.75, 3.05) is 12.4 Å². The minimum absolute atomic E-state index is 0.0846. The highest BCUT2D eigenvalue weighted by atomic mass is 32.2. The molecule has 1 aromatic carbocycles. The fourth-order valence-corrected chi connectivity index (χ4v) is 2.62. The Hall–Kier alpha value is -1.70. The summed E-state index contributed by atoms with van der Waals surface area (Å²) in [5.41, 5.74) is 0.679. The number of carbonyl (C=O) groups is 2. The normalized spacial score (nSPS) is 13.9. The van der Waals surface area contributed by atoms with Gasteiger partial charge in [0.15, 0.2) is 0 Å². The lowest BCUT2D eigenvalue weighted by atomic mass is 10.1. The van der Waals surface area contributed by atoms with Gasteiger partial charge in [0.2, 0.25) is 0 Å². The second kappa shape index (κ2) is 8.96. The lowest BCUT2D eigenvalue weighted by molar-refractivity contribution is -0.170. The van der Waals surface area contributed by atoms with E-state index < -0.39 is 35.0 Å². The Bertz CT molecular complexity index is 548. The van der Waals surface area contributed by atoms with Crippen molar-refractivity contribution < 1.29 is 32.2 Å². The number of halogens is 3. The number of alkyl halides is 3. The van der Waals surface area contributed by atoms with Crippen LogP contribution < -0.4 is 0 Å². The maximum Gasteiger partial charge on any atom is 0.403 e. The largest absolute Gasteiger partial charge is 0.465 e. The zero-order valence-corrected chi connectivity index (χ0v) is 14.2. The van der Waals surface area contributed by atoms with Gasteiger partial charge in [-0.05, 0) is 19.4 Å². The van der Waals surface area contributed by atoms with Crippen LogP contribution in [-0.4, -0.2) is 35.2 Å². The second-order valence-electron chi connectivity index (χ2n) is 5.15. The molecule has 0 spiro atoms. The Balaban J connectivity index is 2.64. The smallest absolute Gasteiger partial charge is 0.403 e. The number of hydrogen-bond donors (Lipinski definition) is 0. The van der Waals surface area contributed by atoms with Crippen molar-refractivity contribution in [2.24, 2.45) is 0 Å². The summed E-state index contributed by atoms with van der Waals surface area (Å²) < 4.78 is 46.9. The van der Waals surface area contributed by atoms with Crippen molar-refractivity contribution in [1.29, 1.82) is 0 Å². The first-order valence-electron chi connectivity index (χ1n) is 7.24. The Morgan fingerprint density at radius 3 is 2.25 bits per heavy atom. The van der Waals surface area contributed by atoms with Gasteiger partial charge in [-0.3, -0.25) is 9.59 Å². The molecule has 0 radical (unpaired) electrons. The summed E-state index contributed by atoms with van der Waals surface area (Å²) in [5, 5.41) is 0. The summed E-state index contributed by atoms with van der Waals surface area (Å²) in [5.74, 6) is -2.22. The zero-order chi connectivity index (χ0) is 18.2. The van der Waals surface area contributed by atoms with Crippen molar-refractivity contribution in [3.8, 4) is 0 Å². The quantitative estimate of drug-likeness (QED) is 0.658. The molecule has 0 aliphatic carbocycles. The molecule has 0 aliphatic heterocycles. The average Bonchev–Trinajstić information content (AvgIpc) is 2.51. The van der Waals surface area contributed by atoms with E-state index in [0.717, 1.165) is 6.92 Å². The molecular weight excluding hydrogens is 345 g/mol. The summed E-state index contributed by atoms with van der Waals surface area (Å²) in [7, 11) is 0. The number of esters is 2. The highest BCUT2D eigenvalue weighted by Gasteiger charge is 2.53. The van der Waals surface area contributed by atoms with E-state index in [9.17, 15) is 22.8 Å². The Kier molecular flexibility index (Phi) is 7.59. The maximum atomic E-state index is 13.3. The van der Waals surface area contributed by atoms with Crippen LogP contribution in [0, 0.1) is 0 Å². The van der Waals surface area contributed by atoms with E-state index in [1.165, 1.54) is 0 Å². The fraction of sp³-hybridized carbons (Fsp3) is 0.500. The second-order valence-corrected chi connectivity index (χ2v) is 6.62. The van der Waals surface area contributed by atoms with Gasteiger partial charge in [0.05, 0.1) is 18.8 Å². The van der Waals surface area contributed by atoms with E-state index in [2.05, 4.69) is 4.74 Å². The summed E-state index contributed by atoms with van der Waals surface area (Å²) in [4.78, 5) is 23.1. The van der Waals surface area contributed by atoms with Crippen LogP contribution in [0.4, 0.5) is 13.2 Å². The van der Waals surface area contributed by atoms with E-state index in [0.29, 0.717) is 17.3 Å². The molecule has 0 aliphatic rings. The highest BCUT2D eigenvalue weighted by Crippen LogP contribution is 2.44. The van der Waals surface area contributed by atoms with Gasteiger partial charge in [-0.15, -0.1) is 11.8 Å². The van der Waals surface area contributed by atoms with E-state index in [4.69, 9.17) is 4.74 Å². The van der Waals surface area contributed by atoms with Crippen LogP contribution in [0.2, 0.25) is 0 Å². The van der Waals surface area contributed by atoms with Crippen molar-refractivity contribution in [1.82, 2.24) is 0 Å².